The number of benzene rings is 1. The highest BCUT2D eigenvalue weighted by Crippen LogP contribution is 2.37. The van der Waals surface area contributed by atoms with E-state index in [0.29, 0.717) is 13.2 Å². The van der Waals surface area contributed by atoms with E-state index in [4.69, 9.17) is 18.9 Å². The zero-order chi connectivity index (χ0) is 16.9. The summed E-state index contributed by atoms with van der Waals surface area (Å²) < 4.78 is 23.8. The molecule has 1 unspecified atom stereocenters. The van der Waals surface area contributed by atoms with Gasteiger partial charge in [0, 0.05) is 5.56 Å². The Balaban J connectivity index is 1.76. The molecule has 1 N–H and O–H groups in total. The predicted molar refractivity (Wildman–Crippen MR) is 92.7 cm³/mol. The van der Waals surface area contributed by atoms with Crippen LogP contribution in [0.3, 0.4) is 0 Å². The molecular weight excluding hydrogens is 328 g/mol. The zero-order valence-electron chi connectivity index (χ0n) is 13.7. The fourth-order valence-corrected chi connectivity index (χ4v) is 3.92. The lowest BCUT2D eigenvalue weighted by Crippen LogP contribution is -2.61. The molecule has 0 aromatic heterocycles. The smallest absolute Gasteiger partial charge is 0.184 e. The standard InChI is InChI=1S/C18H24O5S/c1-3-10-20-16-14(19)18(24-4-2)22-13-11-21-17(23-15(13)16)12-8-6-5-7-9-12/h3,5-9,13-19H,1,4,10-11H2,2H3/t13-,14-,15-,16-,17?,18+/m1/s1. The van der Waals surface area contributed by atoms with Crippen LogP contribution in [0, 0.1) is 0 Å². The highest BCUT2D eigenvalue weighted by molar-refractivity contribution is 7.99. The molecule has 0 aliphatic carbocycles. The van der Waals surface area contributed by atoms with E-state index in [0.717, 1.165) is 11.3 Å². The van der Waals surface area contributed by atoms with Gasteiger partial charge in [0.15, 0.2) is 6.29 Å². The summed E-state index contributed by atoms with van der Waals surface area (Å²) >= 11 is 1.56. The third-order valence-corrected chi connectivity index (χ3v) is 5.17. The Morgan fingerprint density at radius 1 is 1.33 bits per heavy atom. The number of aliphatic hydroxyl groups excluding tert-OH is 1. The van der Waals surface area contributed by atoms with E-state index in [1.54, 1.807) is 17.8 Å². The fourth-order valence-electron chi connectivity index (χ4n) is 3.01. The van der Waals surface area contributed by atoms with Crippen molar-refractivity contribution in [2.45, 2.75) is 43.1 Å². The van der Waals surface area contributed by atoms with Crippen LogP contribution < -0.4 is 0 Å². The van der Waals surface area contributed by atoms with E-state index >= 15 is 0 Å². The highest BCUT2D eigenvalue weighted by Gasteiger charge is 2.50. The van der Waals surface area contributed by atoms with Crippen molar-refractivity contribution >= 4 is 11.8 Å². The molecule has 24 heavy (non-hydrogen) atoms. The van der Waals surface area contributed by atoms with Crippen LogP contribution in [0.1, 0.15) is 18.8 Å². The number of fused-ring (bicyclic) bond motifs is 1. The van der Waals surface area contributed by atoms with Gasteiger partial charge in [0.25, 0.3) is 0 Å². The van der Waals surface area contributed by atoms with E-state index in [-0.39, 0.29) is 17.6 Å². The Morgan fingerprint density at radius 3 is 2.83 bits per heavy atom. The normalized spacial score (nSPS) is 36.1. The Bertz CT molecular complexity index is 525. The van der Waals surface area contributed by atoms with Gasteiger partial charge < -0.3 is 24.1 Å². The van der Waals surface area contributed by atoms with E-state index < -0.39 is 18.5 Å². The quantitative estimate of drug-likeness (QED) is 0.794. The second kappa shape index (κ2) is 8.47. The number of thioether (sulfide) groups is 1. The number of ether oxygens (including phenoxy) is 4. The average molecular weight is 352 g/mol. The van der Waals surface area contributed by atoms with Crippen molar-refractivity contribution < 1.29 is 24.1 Å². The number of rotatable bonds is 6. The fraction of sp³-hybridized carbons (Fsp3) is 0.556. The molecule has 1 aromatic rings. The second-order valence-corrected chi connectivity index (χ2v) is 7.13. The minimum atomic E-state index is -0.759. The predicted octanol–water partition coefficient (Wildman–Crippen LogP) is 2.51. The Morgan fingerprint density at radius 2 is 2.12 bits per heavy atom. The topological polar surface area (TPSA) is 57.2 Å². The van der Waals surface area contributed by atoms with Gasteiger partial charge in [0.05, 0.1) is 13.2 Å². The maximum atomic E-state index is 10.7. The van der Waals surface area contributed by atoms with Crippen LogP contribution in [-0.4, -0.2) is 53.9 Å². The van der Waals surface area contributed by atoms with Crippen LogP contribution in [0.2, 0.25) is 0 Å². The summed E-state index contributed by atoms with van der Waals surface area (Å²) in [7, 11) is 0. The lowest BCUT2D eigenvalue weighted by Gasteiger charge is -2.47. The van der Waals surface area contributed by atoms with E-state index in [1.807, 2.05) is 37.3 Å². The van der Waals surface area contributed by atoms with Gasteiger partial charge in [-0.05, 0) is 5.75 Å². The molecule has 0 amide bonds. The van der Waals surface area contributed by atoms with Crippen LogP contribution in [0.5, 0.6) is 0 Å². The lowest BCUT2D eigenvalue weighted by molar-refractivity contribution is -0.322. The van der Waals surface area contributed by atoms with Crippen LogP contribution in [0.15, 0.2) is 43.0 Å². The van der Waals surface area contributed by atoms with Crippen molar-refractivity contribution in [2.75, 3.05) is 19.0 Å². The molecule has 132 valence electrons. The summed E-state index contributed by atoms with van der Waals surface area (Å²) in [6, 6.07) is 9.76. The zero-order valence-corrected chi connectivity index (χ0v) is 14.6. The third-order valence-electron chi connectivity index (χ3n) is 4.12. The molecule has 0 bridgehead atoms. The van der Waals surface area contributed by atoms with Crippen LogP contribution >= 0.6 is 11.8 Å². The molecule has 0 radical (unpaired) electrons. The first-order valence-corrected chi connectivity index (χ1v) is 9.29. The van der Waals surface area contributed by atoms with Crippen molar-refractivity contribution in [2.24, 2.45) is 0 Å². The van der Waals surface area contributed by atoms with E-state index in [1.165, 1.54) is 0 Å². The highest BCUT2D eigenvalue weighted by atomic mass is 32.2. The van der Waals surface area contributed by atoms with E-state index in [9.17, 15) is 5.11 Å². The van der Waals surface area contributed by atoms with Gasteiger partial charge in [-0.1, -0.05) is 43.3 Å². The number of hydrogen-bond acceptors (Lipinski definition) is 6. The first kappa shape index (κ1) is 17.9. The van der Waals surface area contributed by atoms with Crippen LogP contribution in [0.25, 0.3) is 0 Å². The van der Waals surface area contributed by atoms with Gasteiger partial charge >= 0.3 is 0 Å². The summed E-state index contributed by atoms with van der Waals surface area (Å²) in [5.74, 6) is 0.849. The Hall–Kier alpha value is -0.890. The molecule has 1 aromatic carbocycles. The molecule has 0 saturated carbocycles. The van der Waals surface area contributed by atoms with Gasteiger partial charge in [-0.15, -0.1) is 18.3 Å². The molecule has 2 aliphatic heterocycles. The largest absolute Gasteiger partial charge is 0.387 e. The van der Waals surface area contributed by atoms with Crippen molar-refractivity contribution in [1.82, 2.24) is 0 Å². The van der Waals surface area contributed by atoms with Crippen molar-refractivity contribution in [1.29, 1.82) is 0 Å². The first-order valence-electron chi connectivity index (χ1n) is 8.24. The van der Waals surface area contributed by atoms with Crippen molar-refractivity contribution in [3.8, 4) is 0 Å². The monoisotopic (exact) mass is 352 g/mol. The Labute approximate surface area is 146 Å². The van der Waals surface area contributed by atoms with Crippen LogP contribution in [0.4, 0.5) is 0 Å². The molecule has 6 heteroatoms. The van der Waals surface area contributed by atoms with Gasteiger partial charge in [0.1, 0.15) is 29.9 Å². The maximum Gasteiger partial charge on any atom is 0.184 e. The molecule has 2 heterocycles. The summed E-state index contributed by atoms with van der Waals surface area (Å²) in [5, 5.41) is 10.7. The average Bonchev–Trinajstić information content (AvgIpc) is 2.62. The van der Waals surface area contributed by atoms with Gasteiger partial charge in [0.2, 0.25) is 0 Å². The summed E-state index contributed by atoms with van der Waals surface area (Å²) in [6.45, 7) is 6.48. The molecule has 2 aliphatic rings. The van der Waals surface area contributed by atoms with Gasteiger partial charge in [-0.25, -0.2) is 0 Å². The molecule has 5 nitrogen and oxygen atoms in total. The molecule has 2 saturated heterocycles. The van der Waals surface area contributed by atoms with Crippen LogP contribution in [-0.2, 0) is 18.9 Å². The Kier molecular flexibility index (Phi) is 6.32. The van der Waals surface area contributed by atoms with Gasteiger partial charge in [-0.3, -0.25) is 0 Å². The summed E-state index contributed by atoms with van der Waals surface area (Å²) in [6.07, 6.45) is -0.674. The third kappa shape index (κ3) is 3.85. The van der Waals surface area contributed by atoms with Crippen molar-refractivity contribution in [3.63, 3.8) is 0 Å². The minimum Gasteiger partial charge on any atom is -0.387 e. The first-order chi connectivity index (χ1) is 11.7. The van der Waals surface area contributed by atoms with Gasteiger partial charge in [-0.2, -0.15) is 0 Å². The molecule has 6 atom stereocenters. The summed E-state index contributed by atoms with van der Waals surface area (Å²) in [4.78, 5) is 0. The maximum absolute atomic E-state index is 10.7. The molecule has 3 rings (SSSR count). The molecule has 0 spiro atoms. The minimum absolute atomic E-state index is 0.257. The number of aliphatic hydroxyl groups is 1. The molecule has 2 fully saturated rings. The molecular formula is C18H24O5S. The van der Waals surface area contributed by atoms with E-state index in [2.05, 4.69) is 6.58 Å². The van der Waals surface area contributed by atoms with Crippen molar-refractivity contribution in [3.05, 3.63) is 48.6 Å². The summed E-state index contributed by atoms with van der Waals surface area (Å²) in [5.41, 5.74) is 0.601. The lowest BCUT2D eigenvalue weighted by atomic mass is 9.98. The SMILES string of the molecule is C=CCO[C@@H]1[C@@H](O)[C@H](SCC)O[C@@H]2COC(c3ccccc3)O[C@@H]12. The number of hydrogen-bond donors (Lipinski definition) is 1. The second-order valence-electron chi connectivity index (χ2n) is 5.75.